The van der Waals surface area contributed by atoms with Crippen molar-refractivity contribution in [2.45, 2.75) is 44.2 Å². The van der Waals surface area contributed by atoms with E-state index in [0.29, 0.717) is 25.4 Å². The van der Waals surface area contributed by atoms with Crippen LogP contribution in [0.3, 0.4) is 0 Å². The van der Waals surface area contributed by atoms with Gasteiger partial charge in [-0.25, -0.2) is 0 Å². The van der Waals surface area contributed by atoms with Crippen molar-refractivity contribution in [3.63, 3.8) is 0 Å². The van der Waals surface area contributed by atoms with E-state index < -0.39 is 6.04 Å². The highest BCUT2D eigenvalue weighted by atomic mass is 16.2. The minimum absolute atomic E-state index is 0.0129. The third-order valence-corrected chi connectivity index (χ3v) is 4.29. The molecule has 0 spiro atoms. The number of carbonyl (C=O) groups excluding carboxylic acids is 2. The van der Waals surface area contributed by atoms with E-state index in [-0.39, 0.29) is 11.8 Å². The van der Waals surface area contributed by atoms with Crippen LogP contribution in [0.4, 0.5) is 0 Å². The lowest BCUT2D eigenvalue weighted by molar-refractivity contribution is -0.137. The molecule has 1 heterocycles. The fourth-order valence-electron chi connectivity index (χ4n) is 2.91. The maximum absolute atomic E-state index is 12.6. The lowest BCUT2D eigenvalue weighted by atomic mass is 9.90. The summed E-state index contributed by atoms with van der Waals surface area (Å²) in [6, 6.07) is 9.82. The van der Waals surface area contributed by atoms with Crippen LogP contribution in [-0.2, 0) is 16.0 Å². The van der Waals surface area contributed by atoms with E-state index in [4.69, 9.17) is 0 Å². The summed E-state index contributed by atoms with van der Waals surface area (Å²) in [4.78, 5) is 26.4. The molecule has 0 aromatic heterocycles. The Morgan fingerprint density at radius 2 is 1.90 bits per heavy atom. The largest absolute Gasteiger partial charge is 0.344 e. The van der Waals surface area contributed by atoms with Gasteiger partial charge >= 0.3 is 0 Å². The van der Waals surface area contributed by atoms with Crippen LogP contribution in [-0.4, -0.2) is 35.3 Å². The van der Waals surface area contributed by atoms with Crippen molar-refractivity contribution in [3.05, 3.63) is 35.9 Å². The van der Waals surface area contributed by atoms with Gasteiger partial charge in [0.2, 0.25) is 11.8 Å². The monoisotopic (exact) mass is 272 g/mol. The fraction of sp³-hybridized carbons (Fsp3) is 0.500. The summed E-state index contributed by atoms with van der Waals surface area (Å²) in [5.41, 5.74) is 1.08. The highest BCUT2D eigenvalue weighted by molar-refractivity contribution is 5.90. The molecule has 0 bridgehead atoms. The van der Waals surface area contributed by atoms with Crippen LogP contribution < -0.4 is 5.32 Å². The van der Waals surface area contributed by atoms with Gasteiger partial charge in [0.15, 0.2) is 0 Å². The first-order valence-electron chi connectivity index (χ1n) is 7.38. The molecule has 1 atom stereocenters. The van der Waals surface area contributed by atoms with Crippen molar-refractivity contribution in [3.8, 4) is 0 Å². The molecular weight excluding hydrogens is 252 g/mol. The van der Waals surface area contributed by atoms with E-state index in [1.54, 1.807) is 0 Å². The van der Waals surface area contributed by atoms with Crippen LogP contribution in [0.15, 0.2) is 30.3 Å². The summed E-state index contributed by atoms with van der Waals surface area (Å²) in [5, 5.41) is 2.88. The molecule has 3 rings (SSSR count). The van der Waals surface area contributed by atoms with Gasteiger partial charge in [-0.2, -0.15) is 0 Å². The number of hydrogen-bond acceptors (Lipinski definition) is 2. The van der Waals surface area contributed by atoms with Gasteiger partial charge in [-0.1, -0.05) is 30.3 Å². The molecule has 2 amide bonds. The first-order valence-corrected chi connectivity index (χ1v) is 7.38. The Morgan fingerprint density at radius 1 is 1.15 bits per heavy atom. The van der Waals surface area contributed by atoms with Gasteiger partial charge < -0.3 is 10.2 Å². The third-order valence-electron chi connectivity index (χ3n) is 4.29. The second-order valence-corrected chi connectivity index (χ2v) is 5.68. The molecule has 1 aliphatic heterocycles. The number of nitrogens with one attached hydrogen (secondary N) is 1. The third kappa shape index (κ3) is 2.69. The molecule has 1 saturated heterocycles. The van der Waals surface area contributed by atoms with Crippen LogP contribution in [0, 0.1) is 0 Å². The Bertz CT molecular complexity index is 496. The van der Waals surface area contributed by atoms with E-state index in [2.05, 4.69) is 5.32 Å². The molecule has 1 N–H and O–H groups in total. The molecule has 2 fully saturated rings. The molecule has 4 nitrogen and oxygen atoms in total. The molecule has 106 valence electrons. The summed E-state index contributed by atoms with van der Waals surface area (Å²) in [6.07, 6.45) is 4.36. The minimum atomic E-state index is -0.409. The lowest BCUT2D eigenvalue weighted by Crippen LogP contribution is -2.51. The van der Waals surface area contributed by atoms with Crippen LogP contribution in [0.1, 0.15) is 31.2 Å². The van der Waals surface area contributed by atoms with Crippen LogP contribution >= 0.6 is 0 Å². The SMILES string of the molecule is O=C1CCN(C2CCC2)C(=O)C(Cc2ccccc2)N1. The van der Waals surface area contributed by atoms with Crippen molar-refractivity contribution in [2.24, 2.45) is 0 Å². The lowest BCUT2D eigenvalue weighted by Gasteiger charge is -2.37. The number of benzene rings is 1. The van der Waals surface area contributed by atoms with Gasteiger partial charge in [0.1, 0.15) is 6.04 Å². The average molecular weight is 272 g/mol. The predicted octanol–water partition coefficient (Wildman–Crippen LogP) is 1.50. The summed E-state index contributed by atoms with van der Waals surface area (Å²) >= 11 is 0. The smallest absolute Gasteiger partial charge is 0.245 e. The molecular formula is C16H20N2O2. The second-order valence-electron chi connectivity index (χ2n) is 5.68. The van der Waals surface area contributed by atoms with Crippen molar-refractivity contribution in [2.75, 3.05) is 6.54 Å². The van der Waals surface area contributed by atoms with Gasteiger partial charge in [0.25, 0.3) is 0 Å². The maximum atomic E-state index is 12.6. The molecule has 1 aliphatic carbocycles. The average Bonchev–Trinajstić information content (AvgIpc) is 2.52. The summed E-state index contributed by atoms with van der Waals surface area (Å²) in [6.45, 7) is 0.570. The normalized spacial score (nSPS) is 24.0. The second kappa shape index (κ2) is 5.65. The standard InChI is InChI=1S/C16H20N2O2/c19-15-9-10-18(13-7-4-8-13)16(20)14(17-15)11-12-5-2-1-3-6-12/h1-3,5-6,13-14H,4,7-11H2,(H,17,19). The van der Waals surface area contributed by atoms with Crippen LogP contribution in [0.25, 0.3) is 0 Å². The molecule has 0 radical (unpaired) electrons. The Morgan fingerprint density at radius 3 is 2.55 bits per heavy atom. The summed E-state index contributed by atoms with van der Waals surface area (Å²) in [7, 11) is 0. The minimum Gasteiger partial charge on any atom is -0.344 e. The Kier molecular flexibility index (Phi) is 3.72. The van der Waals surface area contributed by atoms with E-state index in [1.165, 1.54) is 6.42 Å². The molecule has 2 aliphatic rings. The van der Waals surface area contributed by atoms with Crippen molar-refractivity contribution >= 4 is 11.8 Å². The van der Waals surface area contributed by atoms with Crippen LogP contribution in [0.2, 0.25) is 0 Å². The number of amides is 2. The van der Waals surface area contributed by atoms with Gasteiger partial charge in [-0.3, -0.25) is 9.59 Å². The Hall–Kier alpha value is -1.84. The molecule has 1 saturated carbocycles. The van der Waals surface area contributed by atoms with E-state index in [9.17, 15) is 9.59 Å². The predicted molar refractivity (Wildman–Crippen MR) is 76.0 cm³/mol. The van der Waals surface area contributed by atoms with Crippen LogP contribution in [0.5, 0.6) is 0 Å². The molecule has 20 heavy (non-hydrogen) atoms. The number of hydrogen-bond donors (Lipinski definition) is 1. The molecule has 1 aromatic rings. The van der Waals surface area contributed by atoms with Gasteiger partial charge in [0.05, 0.1) is 0 Å². The van der Waals surface area contributed by atoms with Crippen molar-refractivity contribution in [1.82, 2.24) is 10.2 Å². The summed E-state index contributed by atoms with van der Waals surface area (Å²) in [5.74, 6) is 0.0745. The van der Waals surface area contributed by atoms with E-state index in [1.807, 2.05) is 35.2 Å². The zero-order valence-electron chi connectivity index (χ0n) is 11.5. The Labute approximate surface area is 119 Å². The maximum Gasteiger partial charge on any atom is 0.245 e. The topological polar surface area (TPSA) is 49.4 Å². The van der Waals surface area contributed by atoms with E-state index >= 15 is 0 Å². The number of rotatable bonds is 3. The van der Waals surface area contributed by atoms with Crippen molar-refractivity contribution in [1.29, 1.82) is 0 Å². The van der Waals surface area contributed by atoms with Gasteiger partial charge in [-0.05, 0) is 24.8 Å². The fourth-order valence-corrected chi connectivity index (χ4v) is 2.91. The highest BCUT2D eigenvalue weighted by Gasteiger charge is 2.35. The number of carbonyl (C=O) groups is 2. The molecule has 4 heteroatoms. The number of nitrogens with zero attached hydrogens (tertiary/aromatic N) is 1. The molecule has 1 unspecified atom stereocenters. The zero-order valence-corrected chi connectivity index (χ0v) is 11.5. The quantitative estimate of drug-likeness (QED) is 0.906. The highest BCUT2D eigenvalue weighted by Crippen LogP contribution is 2.26. The van der Waals surface area contributed by atoms with Gasteiger partial charge in [0, 0.05) is 25.4 Å². The van der Waals surface area contributed by atoms with Crippen molar-refractivity contribution < 1.29 is 9.59 Å². The Balaban J connectivity index is 1.76. The first-order chi connectivity index (χ1) is 9.74. The van der Waals surface area contributed by atoms with E-state index in [0.717, 1.165) is 18.4 Å². The summed E-state index contributed by atoms with van der Waals surface area (Å²) < 4.78 is 0. The first kappa shape index (κ1) is 13.2. The zero-order chi connectivity index (χ0) is 13.9. The van der Waals surface area contributed by atoms with Gasteiger partial charge in [-0.15, -0.1) is 0 Å². The molecule has 1 aromatic carbocycles.